The first-order valence-corrected chi connectivity index (χ1v) is 6.46. The lowest BCUT2D eigenvalue weighted by Crippen LogP contribution is -2.50. The molecule has 0 aromatic carbocycles. The Bertz CT molecular complexity index is 194. The van der Waals surface area contributed by atoms with Crippen LogP contribution in [0.1, 0.15) is 46.0 Å². The normalized spacial score (nSPS) is 36.7. The Hall–Kier alpha value is 0.310. The van der Waals surface area contributed by atoms with Gasteiger partial charge in [-0.3, -0.25) is 0 Å². The van der Waals surface area contributed by atoms with Crippen LogP contribution < -0.4 is 5.73 Å². The maximum Gasteiger partial charge on any atom is 0.0196 e. The van der Waals surface area contributed by atoms with Gasteiger partial charge in [0.2, 0.25) is 0 Å². The second-order valence-electron chi connectivity index (χ2n) is 5.23. The maximum atomic E-state index is 6.53. The number of hydrogen-bond donors (Lipinski definition) is 1. The Labute approximate surface area is 85.8 Å². The lowest BCUT2D eigenvalue weighted by atomic mass is 9.74. The molecule has 1 unspecified atom stereocenters. The van der Waals surface area contributed by atoms with Gasteiger partial charge in [-0.25, -0.2) is 0 Å². The molecule has 2 N–H and O–H groups in total. The van der Waals surface area contributed by atoms with Gasteiger partial charge in [0.1, 0.15) is 0 Å². The van der Waals surface area contributed by atoms with Crippen molar-refractivity contribution in [3.63, 3.8) is 0 Å². The Kier molecular flexibility index (Phi) is 2.40. The van der Waals surface area contributed by atoms with Crippen molar-refractivity contribution in [3.8, 4) is 0 Å². The quantitative estimate of drug-likeness (QED) is 0.703. The van der Waals surface area contributed by atoms with E-state index in [-0.39, 0.29) is 5.54 Å². The number of hydrogen-bond acceptors (Lipinski definition) is 2. The van der Waals surface area contributed by atoms with E-state index in [1.807, 2.05) is 0 Å². The fourth-order valence-corrected chi connectivity index (χ4v) is 4.68. The highest BCUT2D eigenvalue weighted by Gasteiger charge is 2.48. The number of rotatable bonds is 1. The predicted molar refractivity (Wildman–Crippen MR) is 60.0 cm³/mol. The molecule has 2 fully saturated rings. The first-order valence-electron chi connectivity index (χ1n) is 5.47. The van der Waals surface area contributed by atoms with Crippen LogP contribution in [0.4, 0.5) is 0 Å². The summed E-state index contributed by atoms with van der Waals surface area (Å²) >= 11 is 2.11. The largest absolute Gasteiger partial charge is 0.325 e. The molecule has 2 heteroatoms. The zero-order valence-corrected chi connectivity index (χ0v) is 9.62. The molecule has 1 heterocycles. The molecule has 1 aliphatic heterocycles. The van der Waals surface area contributed by atoms with Gasteiger partial charge in [0, 0.05) is 10.3 Å². The summed E-state index contributed by atoms with van der Waals surface area (Å²) in [6.07, 6.45) is 6.58. The third kappa shape index (κ3) is 1.63. The Morgan fingerprint density at radius 2 is 1.85 bits per heavy atom. The van der Waals surface area contributed by atoms with Crippen LogP contribution in [0, 0.1) is 5.92 Å². The van der Waals surface area contributed by atoms with E-state index in [1.54, 1.807) is 0 Å². The zero-order chi connectivity index (χ0) is 9.53. The van der Waals surface area contributed by atoms with Gasteiger partial charge in [0.25, 0.3) is 0 Å². The van der Waals surface area contributed by atoms with Crippen LogP contribution in [0.5, 0.6) is 0 Å². The summed E-state index contributed by atoms with van der Waals surface area (Å²) in [5.41, 5.74) is 6.71. The van der Waals surface area contributed by atoms with Gasteiger partial charge < -0.3 is 5.73 Å². The highest BCUT2D eigenvalue weighted by Crippen LogP contribution is 2.51. The summed E-state index contributed by atoms with van der Waals surface area (Å²) in [5, 5.41) is 0. The van der Waals surface area contributed by atoms with E-state index in [0.717, 1.165) is 5.92 Å². The predicted octanol–water partition coefficient (Wildman–Crippen LogP) is 2.79. The molecule has 1 aliphatic carbocycles. The average Bonchev–Trinajstić information content (AvgIpc) is 2.57. The van der Waals surface area contributed by atoms with Crippen molar-refractivity contribution in [1.82, 2.24) is 0 Å². The Morgan fingerprint density at radius 1 is 1.23 bits per heavy atom. The summed E-state index contributed by atoms with van der Waals surface area (Å²) in [6, 6.07) is 0. The molecular formula is C11H21NS. The van der Waals surface area contributed by atoms with E-state index in [2.05, 4.69) is 25.6 Å². The van der Waals surface area contributed by atoms with Crippen molar-refractivity contribution in [3.05, 3.63) is 0 Å². The third-order valence-corrected chi connectivity index (χ3v) is 5.42. The van der Waals surface area contributed by atoms with Gasteiger partial charge in [-0.1, -0.05) is 26.7 Å². The molecule has 0 spiro atoms. The van der Waals surface area contributed by atoms with Gasteiger partial charge in [0.05, 0.1) is 0 Å². The molecule has 0 aromatic heterocycles. The lowest BCUT2D eigenvalue weighted by Gasteiger charge is -2.39. The Balaban J connectivity index is 2.15. The van der Waals surface area contributed by atoms with Crippen LogP contribution in [0.15, 0.2) is 0 Å². The van der Waals surface area contributed by atoms with Gasteiger partial charge in [-0.2, -0.15) is 11.8 Å². The van der Waals surface area contributed by atoms with Crippen LogP contribution in [0.25, 0.3) is 0 Å². The first kappa shape index (κ1) is 9.85. The summed E-state index contributed by atoms with van der Waals surface area (Å²) in [7, 11) is 0. The number of nitrogens with two attached hydrogens (primary N) is 1. The standard InChI is InChI=1S/C11H21NS/c1-10(2)9(5-8-13-10)11(12)6-3-4-7-11/h9H,3-8,12H2,1-2H3. The van der Waals surface area contributed by atoms with Crippen molar-refractivity contribution in [2.24, 2.45) is 11.7 Å². The minimum atomic E-state index is 0.188. The van der Waals surface area contributed by atoms with E-state index >= 15 is 0 Å². The molecule has 0 amide bonds. The molecule has 0 radical (unpaired) electrons. The third-order valence-electron chi connectivity index (χ3n) is 3.95. The molecule has 0 bridgehead atoms. The minimum absolute atomic E-state index is 0.188. The molecule has 1 saturated carbocycles. The Morgan fingerprint density at radius 3 is 2.31 bits per heavy atom. The molecule has 2 rings (SSSR count). The number of thioether (sulfide) groups is 1. The van der Waals surface area contributed by atoms with Crippen LogP contribution in [-0.2, 0) is 0 Å². The van der Waals surface area contributed by atoms with Gasteiger partial charge in [0.15, 0.2) is 0 Å². The topological polar surface area (TPSA) is 26.0 Å². The second-order valence-corrected chi connectivity index (χ2v) is 6.98. The van der Waals surface area contributed by atoms with Crippen molar-refractivity contribution >= 4 is 11.8 Å². The molecule has 13 heavy (non-hydrogen) atoms. The summed E-state index contributed by atoms with van der Waals surface area (Å²) in [4.78, 5) is 0. The van der Waals surface area contributed by atoms with Crippen LogP contribution in [0.2, 0.25) is 0 Å². The molecule has 0 aromatic rings. The van der Waals surface area contributed by atoms with Crippen molar-refractivity contribution in [2.45, 2.75) is 56.2 Å². The van der Waals surface area contributed by atoms with Crippen LogP contribution in [-0.4, -0.2) is 16.0 Å². The first-order chi connectivity index (χ1) is 6.05. The van der Waals surface area contributed by atoms with E-state index in [1.165, 1.54) is 37.9 Å². The molecule has 2 aliphatic rings. The molecule has 1 nitrogen and oxygen atoms in total. The van der Waals surface area contributed by atoms with Crippen molar-refractivity contribution in [1.29, 1.82) is 0 Å². The SMILES string of the molecule is CC1(C)SCCC1C1(N)CCCC1. The van der Waals surface area contributed by atoms with E-state index in [9.17, 15) is 0 Å². The highest BCUT2D eigenvalue weighted by molar-refractivity contribution is 8.00. The summed E-state index contributed by atoms with van der Waals surface area (Å²) in [5.74, 6) is 2.07. The van der Waals surface area contributed by atoms with Crippen LogP contribution >= 0.6 is 11.8 Å². The average molecular weight is 199 g/mol. The fourth-order valence-electron chi connectivity index (χ4n) is 3.25. The van der Waals surface area contributed by atoms with Gasteiger partial charge >= 0.3 is 0 Å². The smallest absolute Gasteiger partial charge is 0.0196 e. The zero-order valence-electron chi connectivity index (χ0n) is 8.81. The lowest BCUT2D eigenvalue weighted by molar-refractivity contribution is 0.237. The summed E-state index contributed by atoms with van der Waals surface area (Å²) in [6.45, 7) is 4.75. The molecule has 1 atom stereocenters. The molecule has 1 saturated heterocycles. The second kappa shape index (κ2) is 3.16. The fraction of sp³-hybridized carbons (Fsp3) is 1.00. The molecule has 76 valence electrons. The monoisotopic (exact) mass is 199 g/mol. The van der Waals surface area contributed by atoms with Crippen LogP contribution in [0.3, 0.4) is 0 Å². The molecular weight excluding hydrogens is 178 g/mol. The maximum absolute atomic E-state index is 6.53. The highest BCUT2D eigenvalue weighted by atomic mass is 32.2. The van der Waals surface area contributed by atoms with Crippen molar-refractivity contribution < 1.29 is 0 Å². The van der Waals surface area contributed by atoms with E-state index in [0.29, 0.717) is 4.75 Å². The van der Waals surface area contributed by atoms with Gasteiger partial charge in [-0.15, -0.1) is 0 Å². The summed E-state index contributed by atoms with van der Waals surface area (Å²) < 4.78 is 0.430. The van der Waals surface area contributed by atoms with E-state index in [4.69, 9.17) is 5.73 Å². The van der Waals surface area contributed by atoms with Gasteiger partial charge in [-0.05, 0) is 30.9 Å². The minimum Gasteiger partial charge on any atom is -0.325 e. The van der Waals surface area contributed by atoms with E-state index < -0.39 is 0 Å². The van der Waals surface area contributed by atoms with Crippen molar-refractivity contribution in [2.75, 3.05) is 5.75 Å².